The van der Waals surface area contributed by atoms with Gasteiger partial charge in [0.05, 0.1) is 0 Å². The van der Waals surface area contributed by atoms with Gasteiger partial charge in [0.25, 0.3) is 0 Å². The van der Waals surface area contributed by atoms with E-state index in [9.17, 15) is 10.0 Å². The fourth-order valence-electron chi connectivity index (χ4n) is 1.64. The second-order valence-electron chi connectivity index (χ2n) is 4.22. The van der Waals surface area contributed by atoms with Crippen molar-refractivity contribution < 1.29 is 10.0 Å². The maximum Gasteiger partial charge on any atom is 0.489 e. The van der Waals surface area contributed by atoms with Crippen LogP contribution in [-0.2, 0) is 0 Å². The molecule has 2 nitrogen and oxygen atoms in total. The van der Waals surface area contributed by atoms with E-state index in [2.05, 4.69) is 11.8 Å². The second kappa shape index (κ2) is 5.94. The molecule has 0 saturated heterocycles. The van der Waals surface area contributed by atoms with E-state index in [0.29, 0.717) is 16.0 Å². The van der Waals surface area contributed by atoms with Gasteiger partial charge < -0.3 is 10.0 Å². The van der Waals surface area contributed by atoms with Crippen molar-refractivity contribution in [3.63, 3.8) is 0 Å². The predicted molar refractivity (Wildman–Crippen MR) is 78.4 cm³/mol. The Morgan fingerprint density at radius 2 is 1.68 bits per heavy atom. The van der Waals surface area contributed by atoms with Gasteiger partial charge in [-0.25, -0.2) is 0 Å². The second-order valence-corrected chi connectivity index (χ2v) is 4.66. The number of halogens is 1. The largest absolute Gasteiger partial charge is 0.489 e. The summed E-state index contributed by atoms with van der Waals surface area (Å²) in [5.41, 5.74) is 2.91. The van der Waals surface area contributed by atoms with Crippen molar-refractivity contribution in [3.8, 4) is 11.8 Å². The molecule has 2 aromatic rings. The molecule has 0 fully saturated rings. The van der Waals surface area contributed by atoms with E-state index in [1.54, 1.807) is 12.1 Å². The van der Waals surface area contributed by atoms with Crippen molar-refractivity contribution in [1.29, 1.82) is 0 Å². The van der Waals surface area contributed by atoms with E-state index in [4.69, 9.17) is 11.6 Å². The summed E-state index contributed by atoms with van der Waals surface area (Å²) in [5.74, 6) is 5.92. The Morgan fingerprint density at radius 3 is 2.32 bits per heavy atom. The third-order valence-corrected chi connectivity index (χ3v) is 2.92. The number of hydrogen-bond donors (Lipinski definition) is 2. The minimum atomic E-state index is -1.58. The molecule has 0 heterocycles. The first-order chi connectivity index (χ1) is 9.06. The van der Waals surface area contributed by atoms with E-state index in [-0.39, 0.29) is 0 Å². The van der Waals surface area contributed by atoms with Crippen molar-refractivity contribution in [1.82, 2.24) is 0 Å². The van der Waals surface area contributed by atoms with E-state index in [1.807, 2.05) is 31.2 Å². The van der Waals surface area contributed by atoms with Crippen molar-refractivity contribution in [3.05, 3.63) is 64.2 Å². The zero-order chi connectivity index (χ0) is 13.8. The SMILES string of the molecule is Cc1ccc(C#Cc2ccc(Cl)cc2B(O)O)cc1. The van der Waals surface area contributed by atoms with Crippen LogP contribution in [0.25, 0.3) is 0 Å². The van der Waals surface area contributed by atoms with Crippen LogP contribution in [0.1, 0.15) is 16.7 Å². The monoisotopic (exact) mass is 270 g/mol. The quantitative estimate of drug-likeness (QED) is 0.612. The van der Waals surface area contributed by atoms with Gasteiger partial charge in [-0.1, -0.05) is 41.1 Å². The van der Waals surface area contributed by atoms with E-state index in [0.717, 1.165) is 5.56 Å². The third kappa shape index (κ3) is 3.62. The minimum absolute atomic E-state index is 0.312. The zero-order valence-corrected chi connectivity index (χ0v) is 11.1. The lowest BCUT2D eigenvalue weighted by molar-refractivity contribution is 0.425. The van der Waals surface area contributed by atoms with Gasteiger partial charge in [0.15, 0.2) is 0 Å². The molecule has 4 heteroatoms. The van der Waals surface area contributed by atoms with Crippen molar-refractivity contribution in [2.24, 2.45) is 0 Å². The van der Waals surface area contributed by atoms with Gasteiger partial charge in [-0.05, 0) is 42.7 Å². The summed E-state index contributed by atoms with van der Waals surface area (Å²) in [6, 6.07) is 12.7. The number of hydrogen-bond acceptors (Lipinski definition) is 2. The first kappa shape index (κ1) is 13.7. The highest BCUT2D eigenvalue weighted by Crippen LogP contribution is 2.08. The van der Waals surface area contributed by atoms with Crippen molar-refractivity contribution >= 4 is 24.2 Å². The maximum absolute atomic E-state index is 9.29. The van der Waals surface area contributed by atoms with Crippen LogP contribution in [0, 0.1) is 18.8 Å². The average molecular weight is 271 g/mol. The Kier molecular flexibility index (Phi) is 4.29. The molecule has 0 spiro atoms. The molecular formula is C15H12BClO2. The first-order valence-electron chi connectivity index (χ1n) is 5.80. The molecule has 0 aliphatic rings. The van der Waals surface area contributed by atoms with Crippen LogP contribution in [0.4, 0.5) is 0 Å². The van der Waals surface area contributed by atoms with Crippen molar-refractivity contribution in [2.45, 2.75) is 6.92 Å². The van der Waals surface area contributed by atoms with Crippen LogP contribution in [-0.4, -0.2) is 17.2 Å². The molecule has 94 valence electrons. The molecule has 0 unspecified atom stereocenters. The lowest BCUT2D eigenvalue weighted by Gasteiger charge is -2.03. The van der Waals surface area contributed by atoms with Crippen LogP contribution in [0.3, 0.4) is 0 Å². The standard InChI is InChI=1S/C15H12BClO2/c1-11-2-4-12(5-3-11)6-7-13-8-9-14(17)10-15(13)16(18)19/h2-5,8-10,18-19H,1H3. The summed E-state index contributed by atoms with van der Waals surface area (Å²) in [5, 5.41) is 19.0. The number of aryl methyl sites for hydroxylation is 1. The Balaban J connectivity index is 2.36. The van der Waals surface area contributed by atoms with Crippen LogP contribution >= 0.6 is 11.6 Å². The molecule has 2 aromatic carbocycles. The van der Waals surface area contributed by atoms with E-state index in [1.165, 1.54) is 11.6 Å². The molecule has 0 atom stereocenters. The van der Waals surface area contributed by atoms with E-state index < -0.39 is 7.12 Å². The molecular weight excluding hydrogens is 258 g/mol. The van der Waals surface area contributed by atoms with Gasteiger partial charge in [-0.3, -0.25) is 0 Å². The summed E-state index contributed by atoms with van der Waals surface area (Å²) in [7, 11) is -1.58. The molecule has 0 radical (unpaired) electrons. The highest BCUT2D eigenvalue weighted by atomic mass is 35.5. The third-order valence-electron chi connectivity index (χ3n) is 2.68. The predicted octanol–water partition coefficient (Wildman–Crippen LogP) is 1.73. The highest BCUT2D eigenvalue weighted by molar-refractivity contribution is 6.59. The summed E-state index contributed by atoms with van der Waals surface area (Å²) >= 11 is 5.83. The Labute approximate surface area is 117 Å². The molecule has 0 bridgehead atoms. The maximum atomic E-state index is 9.29. The lowest BCUT2D eigenvalue weighted by Crippen LogP contribution is -2.32. The molecule has 0 aliphatic heterocycles. The summed E-state index contributed by atoms with van der Waals surface area (Å²) in [4.78, 5) is 0. The summed E-state index contributed by atoms with van der Waals surface area (Å²) < 4.78 is 0. The smallest absolute Gasteiger partial charge is 0.423 e. The molecule has 0 saturated carbocycles. The van der Waals surface area contributed by atoms with E-state index >= 15 is 0 Å². The summed E-state index contributed by atoms with van der Waals surface area (Å²) in [6.07, 6.45) is 0. The molecule has 0 aliphatic carbocycles. The highest BCUT2D eigenvalue weighted by Gasteiger charge is 2.15. The lowest BCUT2D eigenvalue weighted by atomic mass is 9.77. The minimum Gasteiger partial charge on any atom is -0.423 e. The normalized spacial score (nSPS) is 9.68. The molecule has 0 amide bonds. The topological polar surface area (TPSA) is 40.5 Å². The Bertz CT molecular complexity index is 639. The van der Waals surface area contributed by atoms with Crippen LogP contribution in [0.5, 0.6) is 0 Å². The average Bonchev–Trinajstić information content (AvgIpc) is 2.39. The summed E-state index contributed by atoms with van der Waals surface area (Å²) in [6.45, 7) is 2.01. The number of benzene rings is 2. The zero-order valence-electron chi connectivity index (χ0n) is 10.4. The van der Waals surface area contributed by atoms with Gasteiger partial charge >= 0.3 is 7.12 Å². The number of rotatable bonds is 1. The van der Waals surface area contributed by atoms with Gasteiger partial charge in [-0.2, -0.15) is 0 Å². The fourth-order valence-corrected chi connectivity index (χ4v) is 1.82. The Morgan fingerprint density at radius 1 is 1.00 bits per heavy atom. The van der Waals surface area contributed by atoms with Crippen LogP contribution in [0.15, 0.2) is 42.5 Å². The fraction of sp³-hybridized carbons (Fsp3) is 0.0667. The van der Waals surface area contributed by atoms with Gasteiger partial charge in [-0.15, -0.1) is 0 Å². The molecule has 2 rings (SSSR count). The van der Waals surface area contributed by atoms with Crippen molar-refractivity contribution in [2.75, 3.05) is 0 Å². The molecule has 0 aromatic heterocycles. The van der Waals surface area contributed by atoms with Crippen LogP contribution < -0.4 is 5.46 Å². The first-order valence-corrected chi connectivity index (χ1v) is 6.18. The Hall–Kier alpha value is -1.73. The van der Waals surface area contributed by atoms with Crippen LogP contribution in [0.2, 0.25) is 5.02 Å². The molecule has 19 heavy (non-hydrogen) atoms. The molecule has 2 N–H and O–H groups in total. The van der Waals surface area contributed by atoms with Gasteiger partial charge in [0, 0.05) is 16.1 Å². The van der Waals surface area contributed by atoms with Gasteiger partial charge in [0.2, 0.25) is 0 Å². The van der Waals surface area contributed by atoms with Gasteiger partial charge in [0.1, 0.15) is 0 Å².